The first kappa shape index (κ1) is 9.20. The highest BCUT2D eigenvalue weighted by molar-refractivity contribution is 5.76. The summed E-state index contributed by atoms with van der Waals surface area (Å²) in [6.07, 6.45) is -3.14. The number of amides is 2. The molecular weight excluding hydrogens is 168 g/mol. The molecule has 1 aliphatic rings. The predicted molar refractivity (Wildman–Crippen MR) is 35.3 cm³/mol. The minimum absolute atomic E-state index is 0.0388. The van der Waals surface area contributed by atoms with Crippen LogP contribution in [0.5, 0.6) is 0 Å². The molecule has 1 rings (SSSR count). The van der Waals surface area contributed by atoms with Crippen LogP contribution in [0, 0.1) is 0 Å². The molecule has 0 aliphatic carbocycles. The number of carbonyl (C=O) groups excluding carboxylic acids is 1. The van der Waals surface area contributed by atoms with E-state index in [-0.39, 0.29) is 13.1 Å². The van der Waals surface area contributed by atoms with E-state index in [1.807, 2.05) is 0 Å². The fraction of sp³-hybridized carbons (Fsp3) is 0.800. The Balaban J connectivity index is 2.67. The summed E-state index contributed by atoms with van der Waals surface area (Å²) in [4.78, 5) is 12.4. The molecule has 1 saturated heterocycles. The molecule has 12 heavy (non-hydrogen) atoms. The number of urea groups is 1. The first-order valence-corrected chi connectivity index (χ1v) is 3.31. The molecule has 1 aliphatic heterocycles. The molecule has 0 aromatic carbocycles. The Morgan fingerprint density at radius 2 is 1.92 bits per heavy atom. The molecule has 4 N–H and O–H groups in total. The van der Waals surface area contributed by atoms with Crippen molar-refractivity contribution in [1.82, 2.24) is 9.80 Å². The van der Waals surface area contributed by atoms with Crippen LogP contribution in [-0.4, -0.2) is 62.2 Å². The lowest BCUT2D eigenvalue weighted by molar-refractivity contribution is -0.375. The van der Waals surface area contributed by atoms with E-state index in [1.54, 1.807) is 0 Å². The highest BCUT2D eigenvalue weighted by Gasteiger charge is 2.40. The summed E-state index contributed by atoms with van der Waals surface area (Å²) >= 11 is 0. The monoisotopic (exact) mass is 178 g/mol. The molecule has 1 heterocycles. The summed E-state index contributed by atoms with van der Waals surface area (Å²) in [6, 6.07) is -0.815. The summed E-state index contributed by atoms with van der Waals surface area (Å²) in [6.45, 7) is -0.396. The third-order valence-corrected chi connectivity index (χ3v) is 1.63. The van der Waals surface area contributed by atoms with Crippen molar-refractivity contribution in [2.24, 2.45) is 0 Å². The molecule has 7 nitrogen and oxygen atoms in total. The smallest absolute Gasteiger partial charge is 0.373 e. The second-order valence-electron chi connectivity index (χ2n) is 2.44. The molecule has 0 aromatic rings. The third-order valence-electron chi connectivity index (χ3n) is 1.63. The lowest BCUT2D eigenvalue weighted by Crippen LogP contribution is -2.50. The Morgan fingerprint density at radius 3 is 2.17 bits per heavy atom. The van der Waals surface area contributed by atoms with Gasteiger partial charge in [0.05, 0.1) is 0 Å². The van der Waals surface area contributed by atoms with Crippen molar-refractivity contribution >= 4 is 6.03 Å². The van der Waals surface area contributed by atoms with Gasteiger partial charge in [0.15, 0.2) is 0 Å². The number of aliphatic hydroxyl groups is 4. The van der Waals surface area contributed by atoms with Crippen molar-refractivity contribution in [2.75, 3.05) is 19.8 Å². The maximum absolute atomic E-state index is 11.0. The van der Waals surface area contributed by atoms with Gasteiger partial charge in [0.1, 0.15) is 6.73 Å². The number of hydrogen-bond acceptors (Lipinski definition) is 5. The molecule has 0 atom stereocenters. The topological polar surface area (TPSA) is 104 Å². The molecular formula is C5H10N2O5. The molecule has 0 aromatic heterocycles. The van der Waals surface area contributed by atoms with Crippen LogP contribution >= 0.6 is 0 Å². The van der Waals surface area contributed by atoms with Gasteiger partial charge < -0.3 is 20.4 Å². The van der Waals surface area contributed by atoms with Crippen LogP contribution in [-0.2, 0) is 0 Å². The van der Waals surface area contributed by atoms with Gasteiger partial charge in [0, 0.05) is 13.1 Å². The van der Waals surface area contributed by atoms with Crippen LogP contribution in [0.25, 0.3) is 0 Å². The number of rotatable bonds is 2. The van der Waals surface area contributed by atoms with Gasteiger partial charge in [0.25, 0.3) is 0 Å². The van der Waals surface area contributed by atoms with E-state index >= 15 is 0 Å². The average molecular weight is 178 g/mol. The van der Waals surface area contributed by atoms with Crippen molar-refractivity contribution in [2.45, 2.75) is 6.10 Å². The molecule has 0 unspecified atom stereocenters. The molecule has 0 saturated carbocycles. The molecule has 2 amide bonds. The maximum atomic E-state index is 11.0. The van der Waals surface area contributed by atoms with Gasteiger partial charge in [-0.1, -0.05) is 0 Å². The summed E-state index contributed by atoms with van der Waals surface area (Å²) in [5.74, 6) is 0. The standard InChI is InChI=1S/C5H10N2O5/c8-3-6-1-2-7(4(6)9)5(10,11)12/h8,10-12H,1-3H2. The Morgan fingerprint density at radius 1 is 1.33 bits per heavy atom. The summed E-state index contributed by atoms with van der Waals surface area (Å²) in [5, 5.41) is 34.4. The van der Waals surface area contributed by atoms with Crippen LogP contribution in [0.4, 0.5) is 4.79 Å². The van der Waals surface area contributed by atoms with Gasteiger partial charge in [-0.3, -0.25) is 4.90 Å². The van der Waals surface area contributed by atoms with E-state index in [4.69, 9.17) is 20.4 Å². The molecule has 0 bridgehead atoms. The molecule has 0 spiro atoms. The van der Waals surface area contributed by atoms with Crippen molar-refractivity contribution in [3.63, 3.8) is 0 Å². The largest absolute Gasteiger partial charge is 0.376 e. The Bertz CT molecular complexity index is 189. The van der Waals surface area contributed by atoms with E-state index in [2.05, 4.69) is 0 Å². The van der Waals surface area contributed by atoms with Gasteiger partial charge >= 0.3 is 12.1 Å². The Kier molecular flexibility index (Phi) is 2.20. The van der Waals surface area contributed by atoms with Crippen LogP contribution in [0.15, 0.2) is 0 Å². The number of hydrogen-bond donors (Lipinski definition) is 4. The highest BCUT2D eigenvalue weighted by atomic mass is 16.7. The van der Waals surface area contributed by atoms with Crippen LogP contribution in [0.2, 0.25) is 0 Å². The lowest BCUT2D eigenvalue weighted by Gasteiger charge is -2.25. The van der Waals surface area contributed by atoms with Crippen LogP contribution in [0.3, 0.4) is 0 Å². The normalized spacial score (nSPS) is 19.2. The van der Waals surface area contributed by atoms with Crippen molar-refractivity contribution < 1.29 is 25.2 Å². The zero-order valence-electron chi connectivity index (χ0n) is 6.21. The van der Waals surface area contributed by atoms with Crippen LogP contribution < -0.4 is 0 Å². The summed E-state index contributed by atoms with van der Waals surface area (Å²) < 4.78 is 0. The minimum Gasteiger partial charge on any atom is -0.376 e. The molecule has 0 radical (unpaired) electrons. The average Bonchev–Trinajstić information content (AvgIpc) is 2.29. The van der Waals surface area contributed by atoms with Crippen molar-refractivity contribution in [3.8, 4) is 0 Å². The second kappa shape index (κ2) is 2.87. The first-order valence-electron chi connectivity index (χ1n) is 3.31. The molecule has 7 heteroatoms. The second-order valence-corrected chi connectivity index (χ2v) is 2.44. The molecule has 1 fully saturated rings. The molecule has 70 valence electrons. The van der Waals surface area contributed by atoms with Gasteiger partial charge in [0.2, 0.25) is 0 Å². The fourth-order valence-corrected chi connectivity index (χ4v) is 0.992. The van der Waals surface area contributed by atoms with Gasteiger partial charge in [-0.15, -0.1) is 0 Å². The van der Waals surface area contributed by atoms with E-state index < -0.39 is 18.9 Å². The fourth-order valence-electron chi connectivity index (χ4n) is 0.992. The van der Waals surface area contributed by atoms with E-state index in [1.165, 1.54) is 0 Å². The lowest BCUT2D eigenvalue weighted by atomic mass is 10.6. The van der Waals surface area contributed by atoms with E-state index in [9.17, 15) is 4.79 Å². The zero-order chi connectivity index (χ0) is 9.35. The van der Waals surface area contributed by atoms with E-state index in [0.717, 1.165) is 4.90 Å². The first-order chi connectivity index (χ1) is 5.46. The SMILES string of the molecule is O=C1N(CO)CCN1C(O)(O)O. The van der Waals surface area contributed by atoms with Crippen molar-refractivity contribution in [1.29, 1.82) is 0 Å². The summed E-state index contributed by atoms with van der Waals surface area (Å²) in [7, 11) is 0. The third kappa shape index (κ3) is 1.48. The van der Waals surface area contributed by atoms with Gasteiger partial charge in [-0.2, -0.15) is 0 Å². The van der Waals surface area contributed by atoms with Crippen LogP contribution in [0.1, 0.15) is 0 Å². The van der Waals surface area contributed by atoms with E-state index in [0.29, 0.717) is 4.90 Å². The number of carbonyl (C=O) groups is 1. The highest BCUT2D eigenvalue weighted by Crippen LogP contribution is 2.14. The quantitative estimate of drug-likeness (QED) is 0.343. The Hall–Kier alpha value is -0.890. The maximum Gasteiger partial charge on any atom is 0.373 e. The minimum atomic E-state index is -3.14. The Labute approximate surface area is 68.1 Å². The predicted octanol–water partition coefficient (Wildman–Crippen LogP) is -2.74. The number of nitrogens with zero attached hydrogens (tertiary/aromatic N) is 2. The van der Waals surface area contributed by atoms with Crippen molar-refractivity contribution in [3.05, 3.63) is 0 Å². The van der Waals surface area contributed by atoms with Gasteiger partial charge in [-0.05, 0) is 0 Å². The summed E-state index contributed by atoms with van der Waals surface area (Å²) in [5.41, 5.74) is 0. The zero-order valence-corrected chi connectivity index (χ0v) is 6.21. The number of aliphatic hydroxyl groups excluding tert-OH is 1. The van der Waals surface area contributed by atoms with Gasteiger partial charge in [-0.25, -0.2) is 9.69 Å².